The molecule has 0 nitrogen and oxygen atoms in total. The second-order valence-electron chi connectivity index (χ2n) is 2.43. The first kappa shape index (κ1) is 17.1. The van der Waals surface area contributed by atoms with Crippen molar-refractivity contribution in [3.63, 3.8) is 0 Å². The number of rotatable bonds is 2. The van der Waals surface area contributed by atoms with Gasteiger partial charge in [0, 0.05) is 32.7 Å². The molecule has 0 heterocycles. The number of hydrogen-bond donors (Lipinski definition) is 0. The maximum absolute atomic E-state index is 3.48. The van der Waals surface area contributed by atoms with Gasteiger partial charge in [0.05, 0.1) is 0 Å². The molecule has 0 aliphatic rings. The van der Waals surface area contributed by atoms with Crippen molar-refractivity contribution in [3.05, 3.63) is 19.1 Å². The molecule has 0 spiro atoms. The summed E-state index contributed by atoms with van der Waals surface area (Å²) >= 11 is 0. The van der Waals surface area contributed by atoms with E-state index in [1.165, 1.54) is 0 Å². The maximum atomic E-state index is 3.48. The third kappa shape index (κ3) is 36.8. The Hall–Kier alpha value is 0.844. The Balaban J connectivity index is -0.000000107. The van der Waals surface area contributed by atoms with Crippen molar-refractivity contribution in [1.82, 2.24) is 0 Å². The molecular formula is C9H18Y-2. The van der Waals surface area contributed by atoms with Crippen LogP contribution in [0.2, 0.25) is 0 Å². The second-order valence-corrected chi connectivity index (χ2v) is 2.43. The normalized spacial score (nSPS) is 7.30. The molecular weight excluding hydrogens is 197 g/mol. The van der Waals surface area contributed by atoms with E-state index in [1.807, 2.05) is 20.3 Å². The Bertz CT molecular complexity index is 48.7. The van der Waals surface area contributed by atoms with Crippen molar-refractivity contribution in [3.8, 4) is 0 Å². The fourth-order valence-corrected chi connectivity index (χ4v) is 0.289. The third-order valence-corrected chi connectivity index (χ3v) is 0.553. The molecule has 0 aliphatic carbocycles. The fraction of sp³-hybridized carbons (Fsp3) is 0.667. The van der Waals surface area contributed by atoms with Gasteiger partial charge < -0.3 is 12.5 Å². The van der Waals surface area contributed by atoms with Crippen molar-refractivity contribution < 1.29 is 32.7 Å². The summed E-state index contributed by atoms with van der Waals surface area (Å²) < 4.78 is 0. The predicted octanol–water partition coefficient (Wildman–Crippen LogP) is 3.25. The van der Waals surface area contributed by atoms with Crippen LogP contribution in [0.1, 0.15) is 34.1 Å². The van der Waals surface area contributed by atoms with Crippen LogP contribution >= 0.6 is 0 Å². The summed E-state index contributed by atoms with van der Waals surface area (Å²) in [7, 11) is 0. The Morgan fingerprint density at radius 2 is 1.70 bits per heavy atom. The summed E-state index contributed by atoms with van der Waals surface area (Å²) in [5.74, 6) is 0.725. The van der Waals surface area contributed by atoms with Crippen LogP contribution in [0, 0.1) is 18.4 Å². The number of allylic oxidation sites excluding steroid dienone is 1. The monoisotopic (exact) mass is 215 g/mol. The van der Waals surface area contributed by atoms with E-state index in [-0.39, 0.29) is 32.7 Å². The molecule has 0 aromatic heterocycles. The molecule has 0 amide bonds. The summed E-state index contributed by atoms with van der Waals surface area (Å²) in [5, 5.41) is 0. The van der Waals surface area contributed by atoms with Crippen LogP contribution in [0.5, 0.6) is 0 Å². The van der Waals surface area contributed by atoms with Gasteiger partial charge in [-0.25, -0.2) is 0 Å². The van der Waals surface area contributed by atoms with E-state index in [1.54, 1.807) is 0 Å². The van der Waals surface area contributed by atoms with Crippen LogP contribution < -0.4 is 0 Å². The van der Waals surface area contributed by atoms with Crippen molar-refractivity contribution in [2.75, 3.05) is 0 Å². The molecule has 0 aromatic carbocycles. The summed E-state index contributed by atoms with van der Waals surface area (Å²) in [6.07, 6.45) is 5.83. The average Bonchev–Trinajstić information content (AvgIpc) is 1.67. The summed E-state index contributed by atoms with van der Waals surface area (Å²) in [6, 6.07) is 0. The van der Waals surface area contributed by atoms with E-state index in [2.05, 4.69) is 26.5 Å². The van der Waals surface area contributed by atoms with Gasteiger partial charge in [-0.1, -0.05) is 19.8 Å². The van der Waals surface area contributed by atoms with E-state index in [0.29, 0.717) is 0 Å². The van der Waals surface area contributed by atoms with Gasteiger partial charge in [0.1, 0.15) is 0 Å². The summed E-state index contributed by atoms with van der Waals surface area (Å²) in [6.45, 7) is 11.8. The summed E-state index contributed by atoms with van der Waals surface area (Å²) in [4.78, 5) is 0. The molecule has 0 saturated heterocycles. The molecule has 1 radical (unpaired) electrons. The zero-order valence-electron chi connectivity index (χ0n) is 7.65. The van der Waals surface area contributed by atoms with Gasteiger partial charge in [0.25, 0.3) is 0 Å². The van der Waals surface area contributed by atoms with Gasteiger partial charge in [0.15, 0.2) is 0 Å². The zero-order valence-corrected chi connectivity index (χ0v) is 10.5. The van der Waals surface area contributed by atoms with Crippen molar-refractivity contribution in [2.45, 2.75) is 34.1 Å². The Kier molecular flexibility index (Phi) is 28.1. The van der Waals surface area contributed by atoms with Crippen LogP contribution in [0.4, 0.5) is 0 Å². The van der Waals surface area contributed by atoms with Crippen molar-refractivity contribution >= 4 is 0 Å². The molecule has 0 bridgehead atoms. The minimum absolute atomic E-state index is 0. The molecule has 0 aromatic rings. The molecule has 0 N–H and O–H groups in total. The quantitative estimate of drug-likeness (QED) is 0.620. The molecule has 0 rings (SSSR count). The van der Waals surface area contributed by atoms with Crippen LogP contribution in [-0.4, -0.2) is 0 Å². The molecule has 0 saturated carbocycles. The van der Waals surface area contributed by atoms with Gasteiger partial charge in [-0.3, -0.25) is 6.58 Å². The minimum atomic E-state index is 0. The van der Waals surface area contributed by atoms with E-state index in [4.69, 9.17) is 0 Å². The van der Waals surface area contributed by atoms with E-state index >= 15 is 0 Å². The molecule has 0 atom stereocenters. The third-order valence-electron chi connectivity index (χ3n) is 0.553. The van der Waals surface area contributed by atoms with Crippen LogP contribution in [-0.2, 0) is 32.7 Å². The van der Waals surface area contributed by atoms with Crippen LogP contribution in [0.25, 0.3) is 0 Å². The van der Waals surface area contributed by atoms with E-state index in [0.717, 1.165) is 12.3 Å². The van der Waals surface area contributed by atoms with E-state index < -0.39 is 0 Å². The van der Waals surface area contributed by atoms with E-state index in [9.17, 15) is 0 Å². The van der Waals surface area contributed by atoms with Gasteiger partial charge in [-0.15, -0.1) is 0 Å². The molecule has 0 fully saturated rings. The SMILES string of the molecule is C=[C-]CC(C)C.C[CH-]C.[Y]. The van der Waals surface area contributed by atoms with Crippen LogP contribution in [0.3, 0.4) is 0 Å². The Labute approximate surface area is 91.4 Å². The largest absolute Gasteiger partial charge is 0.504 e. The topological polar surface area (TPSA) is 0 Å². The molecule has 59 valence electrons. The second kappa shape index (κ2) is 16.4. The molecule has 0 aliphatic heterocycles. The van der Waals surface area contributed by atoms with Gasteiger partial charge >= 0.3 is 0 Å². The van der Waals surface area contributed by atoms with Gasteiger partial charge in [0.2, 0.25) is 0 Å². The molecule has 1 heteroatoms. The Morgan fingerprint density at radius 3 is 1.70 bits per heavy atom. The molecule has 10 heavy (non-hydrogen) atoms. The first-order valence-electron chi connectivity index (χ1n) is 3.42. The predicted molar refractivity (Wildman–Crippen MR) is 44.0 cm³/mol. The zero-order chi connectivity index (χ0) is 7.70. The molecule has 0 unspecified atom stereocenters. The average molecular weight is 215 g/mol. The number of hydrogen-bond acceptors (Lipinski definition) is 0. The fourth-order valence-electron chi connectivity index (χ4n) is 0.289. The van der Waals surface area contributed by atoms with Crippen LogP contribution in [0.15, 0.2) is 6.58 Å². The first-order chi connectivity index (χ1) is 4.18. The smallest absolute Gasteiger partial charge is 0 e. The van der Waals surface area contributed by atoms with Gasteiger partial charge in [-0.05, 0) is 0 Å². The summed E-state index contributed by atoms with van der Waals surface area (Å²) in [5.41, 5.74) is 0. The minimum Gasteiger partial charge on any atom is -0.504 e. The van der Waals surface area contributed by atoms with Crippen molar-refractivity contribution in [2.24, 2.45) is 5.92 Å². The first-order valence-corrected chi connectivity index (χ1v) is 3.42. The standard InChI is InChI=1S/C6H11.C3H7.Y/c1-4-5-6(2)3;1-3-2;/h6H,1,5H2,2-3H3;3H,1-2H3;/q2*-1;. The Morgan fingerprint density at radius 1 is 1.40 bits per heavy atom. The van der Waals surface area contributed by atoms with Crippen molar-refractivity contribution in [1.29, 1.82) is 0 Å². The maximum Gasteiger partial charge on any atom is 0 e. The van der Waals surface area contributed by atoms with Gasteiger partial charge in [-0.2, -0.15) is 20.3 Å².